The minimum atomic E-state index is 0.162. The molecule has 3 rings (SSSR count). The Hall–Kier alpha value is -1.80. The molecule has 0 bridgehead atoms. The van der Waals surface area contributed by atoms with Gasteiger partial charge in [-0.05, 0) is 30.7 Å². The lowest BCUT2D eigenvalue weighted by molar-refractivity contribution is 0.103. The molecule has 0 N–H and O–H groups in total. The molecule has 94 valence electrons. The molecule has 1 aliphatic rings. The van der Waals surface area contributed by atoms with Crippen LogP contribution in [0.4, 0.5) is 0 Å². The van der Waals surface area contributed by atoms with Gasteiger partial charge in [0.25, 0.3) is 0 Å². The normalized spacial score (nSPS) is 16.5. The average molecular weight is 266 g/mol. The summed E-state index contributed by atoms with van der Waals surface area (Å²) in [6, 6.07) is 16.1. The fourth-order valence-corrected chi connectivity index (χ4v) is 3.16. The zero-order valence-corrected chi connectivity index (χ0v) is 11.5. The predicted molar refractivity (Wildman–Crippen MR) is 80.7 cm³/mol. The molecular weight excluding hydrogens is 252 g/mol. The third kappa shape index (κ3) is 2.49. The molecule has 0 fully saturated rings. The van der Waals surface area contributed by atoms with E-state index in [9.17, 15) is 4.79 Å². The molecule has 0 amide bonds. The van der Waals surface area contributed by atoms with Crippen LogP contribution in [0.15, 0.2) is 59.0 Å². The monoisotopic (exact) mass is 266 g/mol. The molecule has 2 aromatic rings. The minimum Gasteiger partial charge on any atom is -0.289 e. The summed E-state index contributed by atoms with van der Waals surface area (Å²) in [6.45, 7) is 2.06. The molecule has 0 unspecified atom stereocenters. The number of benzene rings is 2. The van der Waals surface area contributed by atoms with Crippen molar-refractivity contribution in [2.75, 3.05) is 5.75 Å². The van der Waals surface area contributed by atoms with E-state index in [1.54, 1.807) is 11.8 Å². The van der Waals surface area contributed by atoms with Crippen molar-refractivity contribution in [1.82, 2.24) is 0 Å². The van der Waals surface area contributed by atoms with E-state index < -0.39 is 0 Å². The molecule has 0 spiro atoms. The number of hydrogen-bond donors (Lipinski definition) is 0. The standard InChI is InChI=1S/C17H14OS/c1-12-6-8-13(9-7-12)10-14-11-19-16-5-3-2-4-15(16)17(14)18/h2-10H,11H2,1H3/b14-10+. The highest BCUT2D eigenvalue weighted by Gasteiger charge is 2.21. The summed E-state index contributed by atoms with van der Waals surface area (Å²) in [5, 5.41) is 0. The van der Waals surface area contributed by atoms with Crippen LogP contribution < -0.4 is 0 Å². The quantitative estimate of drug-likeness (QED) is 0.713. The molecule has 1 nitrogen and oxygen atoms in total. The predicted octanol–water partition coefficient (Wildman–Crippen LogP) is 4.37. The lowest BCUT2D eigenvalue weighted by Crippen LogP contribution is -2.11. The molecule has 1 heterocycles. The summed E-state index contributed by atoms with van der Waals surface area (Å²) in [5.74, 6) is 0.916. The van der Waals surface area contributed by atoms with Crippen LogP contribution in [-0.2, 0) is 0 Å². The van der Waals surface area contributed by atoms with E-state index in [4.69, 9.17) is 0 Å². The molecule has 0 saturated heterocycles. The number of thioether (sulfide) groups is 1. The Morgan fingerprint density at radius 1 is 1.05 bits per heavy atom. The zero-order valence-electron chi connectivity index (χ0n) is 10.7. The smallest absolute Gasteiger partial charge is 0.191 e. The summed E-state index contributed by atoms with van der Waals surface area (Å²) in [4.78, 5) is 13.5. The van der Waals surface area contributed by atoms with Gasteiger partial charge in [-0.15, -0.1) is 11.8 Å². The highest BCUT2D eigenvalue weighted by molar-refractivity contribution is 7.99. The van der Waals surface area contributed by atoms with E-state index in [0.29, 0.717) is 0 Å². The summed E-state index contributed by atoms with van der Waals surface area (Å²) in [5.41, 5.74) is 4.04. The third-order valence-electron chi connectivity index (χ3n) is 3.22. The Morgan fingerprint density at radius 2 is 1.79 bits per heavy atom. The highest BCUT2D eigenvalue weighted by atomic mass is 32.2. The number of carbonyl (C=O) groups is 1. The van der Waals surface area contributed by atoms with E-state index >= 15 is 0 Å². The van der Waals surface area contributed by atoms with Crippen molar-refractivity contribution < 1.29 is 4.79 Å². The van der Waals surface area contributed by atoms with Crippen LogP contribution in [0.3, 0.4) is 0 Å². The van der Waals surface area contributed by atoms with E-state index in [-0.39, 0.29) is 5.78 Å². The molecule has 0 saturated carbocycles. The van der Waals surface area contributed by atoms with Crippen LogP contribution >= 0.6 is 11.8 Å². The van der Waals surface area contributed by atoms with Gasteiger partial charge >= 0.3 is 0 Å². The Bertz CT molecular complexity index is 653. The first-order chi connectivity index (χ1) is 9.24. The van der Waals surface area contributed by atoms with Crippen LogP contribution in [0.1, 0.15) is 21.5 Å². The maximum atomic E-state index is 12.4. The van der Waals surface area contributed by atoms with Crippen LogP contribution in [0.25, 0.3) is 6.08 Å². The number of fused-ring (bicyclic) bond motifs is 1. The van der Waals surface area contributed by atoms with E-state index in [2.05, 4.69) is 31.2 Å². The zero-order chi connectivity index (χ0) is 13.2. The number of ketones is 1. The molecular formula is C17H14OS. The number of hydrogen-bond acceptors (Lipinski definition) is 2. The first kappa shape index (κ1) is 12.2. The Balaban J connectivity index is 1.96. The van der Waals surface area contributed by atoms with E-state index in [1.165, 1.54) is 5.56 Å². The third-order valence-corrected chi connectivity index (χ3v) is 4.35. The molecule has 2 heteroatoms. The van der Waals surface area contributed by atoms with Crippen molar-refractivity contribution in [3.05, 3.63) is 70.8 Å². The van der Waals surface area contributed by atoms with Gasteiger partial charge in [-0.25, -0.2) is 0 Å². The molecule has 0 aliphatic carbocycles. The Labute approximate surface area is 117 Å². The number of aryl methyl sites for hydroxylation is 1. The summed E-state index contributed by atoms with van der Waals surface area (Å²) >= 11 is 1.73. The summed E-state index contributed by atoms with van der Waals surface area (Å²) < 4.78 is 0. The van der Waals surface area contributed by atoms with Crippen molar-refractivity contribution in [1.29, 1.82) is 0 Å². The van der Waals surface area contributed by atoms with Gasteiger partial charge in [0.05, 0.1) is 0 Å². The second-order valence-electron chi connectivity index (χ2n) is 4.69. The van der Waals surface area contributed by atoms with Gasteiger partial charge in [-0.3, -0.25) is 4.79 Å². The summed E-state index contributed by atoms with van der Waals surface area (Å²) in [6.07, 6.45) is 2.00. The largest absolute Gasteiger partial charge is 0.289 e. The molecule has 0 radical (unpaired) electrons. The molecule has 0 aromatic heterocycles. The van der Waals surface area contributed by atoms with Crippen molar-refractivity contribution >= 4 is 23.6 Å². The van der Waals surface area contributed by atoms with Crippen molar-refractivity contribution in [2.45, 2.75) is 11.8 Å². The van der Waals surface area contributed by atoms with Gasteiger partial charge in [-0.2, -0.15) is 0 Å². The van der Waals surface area contributed by atoms with Gasteiger partial charge in [0.1, 0.15) is 0 Å². The molecule has 1 aliphatic heterocycles. The number of Topliss-reactive ketones (excluding diaryl/α,β-unsaturated/α-hetero) is 1. The molecule has 19 heavy (non-hydrogen) atoms. The lowest BCUT2D eigenvalue weighted by atomic mass is 10.0. The fourth-order valence-electron chi connectivity index (χ4n) is 2.15. The maximum Gasteiger partial charge on any atom is 0.191 e. The Morgan fingerprint density at radius 3 is 2.58 bits per heavy atom. The second kappa shape index (κ2) is 5.06. The lowest BCUT2D eigenvalue weighted by Gasteiger charge is -2.16. The van der Waals surface area contributed by atoms with Crippen molar-refractivity contribution in [3.8, 4) is 0 Å². The Kier molecular flexibility index (Phi) is 3.26. The average Bonchev–Trinajstić information content (AvgIpc) is 2.45. The number of carbonyl (C=O) groups excluding carboxylic acids is 1. The number of rotatable bonds is 1. The van der Waals surface area contributed by atoms with Crippen LogP contribution in [0.5, 0.6) is 0 Å². The topological polar surface area (TPSA) is 17.1 Å². The van der Waals surface area contributed by atoms with E-state index in [1.807, 2.05) is 30.3 Å². The van der Waals surface area contributed by atoms with Crippen LogP contribution in [-0.4, -0.2) is 11.5 Å². The SMILES string of the molecule is Cc1ccc(/C=C2\CSc3ccccc3C2=O)cc1. The summed E-state index contributed by atoms with van der Waals surface area (Å²) in [7, 11) is 0. The van der Waals surface area contributed by atoms with Gasteiger partial charge in [0.2, 0.25) is 0 Å². The van der Waals surface area contributed by atoms with Gasteiger partial charge in [0.15, 0.2) is 5.78 Å². The first-order valence-corrected chi connectivity index (χ1v) is 7.26. The highest BCUT2D eigenvalue weighted by Crippen LogP contribution is 2.33. The second-order valence-corrected chi connectivity index (χ2v) is 5.71. The van der Waals surface area contributed by atoms with Gasteiger partial charge in [0, 0.05) is 21.8 Å². The minimum absolute atomic E-state index is 0.162. The fraction of sp³-hybridized carbons (Fsp3) is 0.118. The van der Waals surface area contributed by atoms with Crippen molar-refractivity contribution in [3.63, 3.8) is 0 Å². The van der Waals surface area contributed by atoms with E-state index in [0.717, 1.165) is 27.3 Å². The maximum absolute atomic E-state index is 12.4. The van der Waals surface area contributed by atoms with Gasteiger partial charge < -0.3 is 0 Å². The molecule has 2 aromatic carbocycles. The van der Waals surface area contributed by atoms with Crippen LogP contribution in [0, 0.1) is 6.92 Å². The first-order valence-electron chi connectivity index (χ1n) is 6.28. The van der Waals surface area contributed by atoms with Crippen molar-refractivity contribution in [2.24, 2.45) is 0 Å². The van der Waals surface area contributed by atoms with Gasteiger partial charge in [-0.1, -0.05) is 42.0 Å². The van der Waals surface area contributed by atoms with Crippen LogP contribution in [0.2, 0.25) is 0 Å². The molecule has 0 atom stereocenters.